The van der Waals surface area contributed by atoms with Gasteiger partial charge in [-0.2, -0.15) is 0 Å². The molecule has 10 heteroatoms. The number of benzene rings is 1. The second-order valence-electron chi connectivity index (χ2n) is 11.0. The summed E-state index contributed by atoms with van der Waals surface area (Å²) in [5, 5.41) is 4.94. The number of nitrogens with zero attached hydrogens (tertiary/aromatic N) is 3. The van der Waals surface area contributed by atoms with Crippen LogP contribution in [-0.4, -0.2) is 57.3 Å². The maximum absolute atomic E-state index is 13.1. The molecular formula is C32H35N5O5. The first-order valence-corrected chi connectivity index (χ1v) is 14.3. The number of ether oxygens (including phenoxy) is 1. The highest BCUT2D eigenvalue weighted by atomic mass is 16.5. The number of unbranched alkanes of at least 4 members (excludes halogenated alkanes) is 3. The first-order valence-electron chi connectivity index (χ1n) is 14.3. The fourth-order valence-corrected chi connectivity index (χ4v) is 5.43. The van der Waals surface area contributed by atoms with Crippen molar-refractivity contribution in [2.75, 3.05) is 13.7 Å². The van der Waals surface area contributed by atoms with Gasteiger partial charge in [-0.25, -0.2) is 9.78 Å². The number of Topliss-reactive ketones (excluding diaryl/α,β-unsaturated/α-hetero) is 1. The van der Waals surface area contributed by atoms with E-state index in [1.165, 1.54) is 12.0 Å². The molecule has 0 saturated carbocycles. The normalized spacial score (nSPS) is 19.4. The molecule has 1 aromatic carbocycles. The third-order valence-electron chi connectivity index (χ3n) is 7.81. The van der Waals surface area contributed by atoms with Crippen molar-refractivity contribution >= 4 is 29.3 Å². The molecule has 1 atom stereocenters. The second-order valence-corrected chi connectivity index (χ2v) is 11.0. The van der Waals surface area contributed by atoms with Gasteiger partial charge in [0.05, 0.1) is 25.7 Å². The van der Waals surface area contributed by atoms with Crippen molar-refractivity contribution < 1.29 is 23.9 Å². The molecule has 1 aromatic heterocycles. The number of hydrogen-bond acceptors (Lipinski definition) is 6. The minimum Gasteiger partial charge on any atom is -0.497 e. The largest absolute Gasteiger partial charge is 0.497 e. The van der Waals surface area contributed by atoms with E-state index in [-0.39, 0.29) is 18.2 Å². The molecule has 0 radical (unpaired) electrons. The molecule has 2 aliphatic heterocycles. The highest BCUT2D eigenvalue weighted by molar-refractivity contribution is 6.10. The molecule has 3 aliphatic rings. The summed E-state index contributed by atoms with van der Waals surface area (Å²) in [6.07, 6.45) is 14.9. The monoisotopic (exact) mass is 569 g/mol. The van der Waals surface area contributed by atoms with Gasteiger partial charge in [-0.05, 0) is 68.9 Å². The van der Waals surface area contributed by atoms with Gasteiger partial charge >= 0.3 is 6.03 Å². The van der Waals surface area contributed by atoms with Crippen LogP contribution in [0.5, 0.6) is 5.75 Å². The van der Waals surface area contributed by atoms with Crippen LogP contribution in [0.25, 0.3) is 5.70 Å². The van der Waals surface area contributed by atoms with E-state index in [9.17, 15) is 19.2 Å². The molecule has 4 amide bonds. The summed E-state index contributed by atoms with van der Waals surface area (Å²) in [4.78, 5) is 55.3. The molecule has 0 bridgehead atoms. The van der Waals surface area contributed by atoms with E-state index in [1.807, 2.05) is 29.1 Å². The number of amides is 4. The van der Waals surface area contributed by atoms with Gasteiger partial charge in [0, 0.05) is 36.0 Å². The Bertz CT molecular complexity index is 1540. The molecule has 2 aromatic rings. The molecule has 1 saturated heterocycles. The van der Waals surface area contributed by atoms with Crippen molar-refractivity contribution in [3.8, 4) is 17.6 Å². The predicted octanol–water partition coefficient (Wildman–Crippen LogP) is 3.77. The Morgan fingerprint density at radius 2 is 1.95 bits per heavy atom. The lowest BCUT2D eigenvalue weighted by Gasteiger charge is -2.26. The number of fused-ring (bicyclic) bond motifs is 1. The van der Waals surface area contributed by atoms with E-state index in [0.29, 0.717) is 30.7 Å². The first-order chi connectivity index (χ1) is 20.3. The van der Waals surface area contributed by atoms with Crippen molar-refractivity contribution in [1.29, 1.82) is 0 Å². The summed E-state index contributed by atoms with van der Waals surface area (Å²) in [5.41, 5.74) is 2.77. The maximum atomic E-state index is 13.1. The van der Waals surface area contributed by atoms with Gasteiger partial charge in [0.1, 0.15) is 11.5 Å². The zero-order chi connectivity index (χ0) is 29.7. The minimum atomic E-state index is -1.55. The highest BCUT2D eigenvalue weighted by Crippen LogP contribution is 2.29. The van der Waals surface area contributed by atoms with Gasteiger partial charge in [-0.1, -0.05) is 30.7 Å². The van der Waals surface area contributed by atoms with Crippen molar-refractivity contribution in [1.82, 2.24) is 25.1 Å². The third-order valence-corrected chi connectivity index (χ3v) is 7.81. The van der Waals surface area contributed by atoms with E-state index in [4.69, 9.17) is 4.74 Å². The number of imidazole rings is 1. The Kier molecular flexibility index (Phi) is 8.57. The Morgan fingerprint density at radius 1 is 1.12 bits per heavy atom. The van der Waals surface area contributed by atoms with E-state index < -0.39 is 17.5 Å². The van der Waals surface area contributed by atoms with Crippen LogP contribution in [0.3, 0.4) is 0 Å². The number of hydrogen-bond donors (Lipinski definition) is 2. The Morgan fingerprint density at radius 3 is 2.67 bits per heavy atom. The fraction of sp³-hybridized carbons (Fsp3) is 0.406. The van der Waals surface area contributed by atoms with E-state index >= 15 is 0 Å². The van der Waals surface area contributed by atoms with Gasteiger partial charge in [0.15, 0.2) is 0 Å². The van der Waals surface area contributed by atoms with Gasteiger partial charge in [0.2, 0.25) is 5.54 Å². The SMILES string of the molecule is COc1ccc2c(c1)C(=O)N(CC1(C#CC3=CC=C(n4cnc(CCCCCCC(C)=O)c4)CC3)NC(=O)NC1=O)C2. The number of rotatable bonds is 11. The van der Waals surface area contributed by atoms with Crippen LogP contribution in [0.1, 0.15) is 73.5 Å². The molecule has 5 rings (SSSR count). The summed E-state index contributed by atoms with van der Waals surface area (Å²) < 4.78 is 7.28. The van der Waals surface area contributed by atoms with Crippen molar-refractivity contribution in [2.45, 2.75) is 70.4 Å². The van der Waals surface area contributed by atoms with Crippen LogP contribution in [0, 0.1) is 11.8 Å². The summed E-state index contributed by atoms with van der Waals surface area (Å²) >= 11 is 0. The smallest absolute Gasteiger partial charge is 0.323 e. The maximum Gasteiger partial charge on any atom is 0.323 e. The molecule has 218 valence electrons. The lowest BCUT2D eigenvalue weighted by molar-refractivity contribution is -0.122. The summed E-state index contributed by atoms with van der Waals surface area (Å²) in [6.45, 7) is 1.88. The number of imide groups is 1. The molecule has 0 spiro atoms. The van der Waals surface area contributed by atoms with Crippen molar-refractivity contribution in [2.24, 2.45) is 0 Å². The molecule has 1 aliphatic carbocycles. The molecule has 1 unspecified atom stereocenters. The quantitative estimate of drug-likeness (QED) is 0.241. The Labute approximate surface area is 245 Å². The molecular weight excluding hydrogens is 534 g/mol. The number of urea groups is 1. The van der Waals surface area contributed by atoms with Gasteiger partial charge in [-0.15, -0.1) is 0 Å². The fourth-order valence-electron chi connectivity index (χ4n) is 5.43. The number of methoxy groups -OCH3 is 1. The number of allylic oxidation sites excluding steroid dienone is 4. The van der Waals surface area contributed by atoms with Crippen LogP contribution in [0.2, 0.25) is 0 Å². The lowest BCUT2D eigenvalue weighted by atomic mass is 9.97. The second kappa shape index (κ2) is 12.5. The van der Waals surface area contributed by atoms with E-state index in [1.54, 1.807) is 19.1 Å². The first kappa shape index (κ1) is 28.9. The van der Waals surface area contributed by atoms with Crippen LogP contribution in [0.4, 0.5) is 4.79 Å². The van der Waals surface area contributed by atoms with Gasteiger partial charge in [-0.3, -0.25) is 14.9 Å². The average molecular weight is 570 g/mol. The predicted molar refractivity (Wildman–Crippen MR) is 156 cm³/mol. The number of aryl methyl sites for hydroxylation is 1. The lowest BCUT2D eigenvalue weighted by Crippen LogP contribution is -2.54. The summed E-state index contributed by atoms with van der Waals surface area (Å²) in [5.74, 6) is 6.11. The molecule has 10 nitrogen and oxygen atoms in total. The zero-order valence-corrected chi connectivity index (χ0v) is 24.0. The Hall–Kier alpha value is -4.65. The topological polar surface area (TPSA) is 123 Å². The van der Waals surface area contributed by atoms with E-state index in [0.717, 1.165) is 61.1 Å². The molecule has 42 heavy (non-hydrogen) atoms. The number of aromatic nitrogens is 2. The van der Waals surface area contributed by atoms with Crippen molar-refractivity contribution in [3.63, 3.8) is 0 Å². The standard InChI is InChI=1S/C32H35N5O5/c1-22(38)7-5-3-4-6-8-25-19-37(21-33-25)26-12-9-23(10-13-26)15-16-32(30(40)34-31(41)35-32)20-36-18-24-11-14-27(42-2)17-28(24)29(36)39/h9,11-12,14,17,19,21H,3-8,10,13,18,20H2,1-2H3,(H2,34,35,40,41). The molecule has 3 heterocycles. The van der Waals surface area contributed by atoms with Crippen LogP contribution in [-0.2, 0) is 22.6 Å². The summed E-state index contributed by atoms with van der Waals surface area (Å²) in [7, 11) is 1.54. The summed E-state index contributed by atoms with van der Waals surface area (Å²) in [6, 6.07) is 4.67. The highest BCUT2D eigenvalue weighted by Gasteiger charge is 2.48. The average Bonchev–Trinajstić information content (AvgIpc) is 3.65. The third kappa shape index (κ3) is 6.46. The van der Waals surface area contributed by atoms with Crippen LogP contribution >= 0.6 is 0 Å². The Balaban J connectivity index is 1.23. The number of carbonyl (C=O) groups excluding carboxylic acids is 4. The number of carbonyl (C=O) groups is 4. The van der Waals surface area contributed by atoms with Gasteiger partial charge in [0.25, 0.3) is 11.8 Å². The van der Waals surface area contributed by atoms with E-state index in [2.05, 4.69) is 33.7 Å². The van der Waals surface area contributed by atoms with Crippen LogP contribution < -0.4 is 15.4 Å². The van der Waals surface area contributed by atoms with Crippen LogP contribution in [0.15, 0.2) is 48.4 Å². The molecule has 1 fully saturated rings. The number of nitrogens with one attached hydrogen (secondary N) is 2. The van der Waals surface area contributed by atoms with Crippen molar-refractivity contribution in [3.05, 3.63) is 65.3 Å². The van der Waals surface area contributed by atoms with Gasteiger partial charge < -0.3 is 24.3 Å². The minimum absolute atomic E-state index is 0.0731. The zero-order valence-electron chi connectivity index (χ0n) is 24.0. The number of ketones is 1. The molecule has 2 N–H and O–H groups in total.